The largest absolute Gasteiger partial charge is 0.461 e. The number of ether oxygens (including phenoxy) is 1. The van der Waals surface area contributed by atoms with Crippen molar-refractivity contribution >= 4 is 35.3 Å². The fourth-order valence-corrected chi connectivity index (χ4v) is 4.15. The molecule has 3 rings (SSSR count). The number of piperazine rings is 1. The van der Waals surface area contributed by atoms with Gasteiger partial charge in [-0.1, -0.05) is 29.8 Å². The number of hydrogen-bond acceptors (Lipinski definition) is 4. The topological polar surface area (TPSA) is 24.5 Å². The van der Waals surface area contributed by atoms with Gasteiger partial charge < -0.3 is 10.1 Å². The summed E-state index contributed by atoms with van der Waals surface area (Å²) in [4.78, 5) is 2.94. The van der Waals surface area contributed by atoms with Crippen LogP contribution in [0, 0.1) is 0 Å². The van der Waals surface area contributed by atoms with Crippen molar-refractivity contribution in [1.29, 1.82) is 0 Å². The van der Waals surface area contributed by atoms with Crippen molar-refractivity contribution in [3.05, 3.63) is 51.2 Å². The van der Waals surface area contributed by atoms with Crippen molar-refractivity contribution in [3.63, 3.8) is 0 Å². The summed E-state index contributed by atoms with van der Waals surface area (Å²) in [6.45, 7) is 2.84. The molecule has 0 amide bonds. The minimum atomic E-state index is -4.56. The van der Waals surface area contributed by atoms with E-state index in [1.165, 1.54) is 23.5 Å². The summed E-state index contributed by atoms with van der Waals surface area (Å²) in [5.41, 5.74) is 0.410. The van der Waals surface area contributed by atoms with E-state index >= 15 is 0 Å². The van der Waals surface area contributed by atoms with Gasteiger partial charge in [0, 0.05) is 36.6 Å². The average molecular weight is 445 g/mol. The Morgan fingerprint density at radius 3 is 2.37 bits per heavy atom. The molecule has 3 nitrogen and oxygen atoms in total. The Bertz CT molecular complexity index is 741. The normalized spacial score (nSPS) is 16.8. The van der Waals surface area contributed by atoms with Crippen LogP contribution in [-0.4, -0.2) is 43.6 Å². The number of hydrogen-bond donors (Lipinski definition) is 1. The molecule has 1 aromatic heterocycles. The van der Waals surface area contributed by atoms with Gasteiger partial charge in [0.05, 0.1) is 10.4 Å². The molecule has 1 fully saturated rings. The average Bonchev–Trinajstić information content (AvgIpc) is 3.03. The summed E-state index contributed by atoms with van der Waals surface area (Å²) < 4.78 is 57.2. The first-order chi connectivity index (χ1) is 12.4. The van der Waals surface area contributed by atoms with Crippen LogP contribution >= 0.6 is 35.3 Å². The lowest BCUT2D eigenvalue weighted by Gasteiger charge is -2.35. The lowest BCUT2D eigenvalue weighted by molar-refractivity contribution is -0.253. The van der Waals surface area contributed by atoms with E-state index in [2.05, 4.69) is 15.0 Å². The molecule has 1 aromatic carbocycles. The highest BCUT2D eigenvalue weighted by Crippen LogP contribution is 2.41. The van der Waals surface area contributed by atoms with E-state index in [1.807, 2.05) is 6.07 Å². The second-order valence-electron chi connectivity index (χ2n) is 5.83. The van der Waals surface area contributed by atoms with Crippen LogP contribution in [-0.2, 0) is 0 Å². The summed E-state index contributed by atoms with van der Waals surface area (Å²) in [6, 6.07) is 9.21. The zero-order valence-corrected chi connectivity index (χ0v) is 16.4. The molecule has 0 saturated carbocycles. The maximum atomic E-state index is 13.5. The molecular weight excluding hydrogens is 427 g/mol. The van der Waals surface area contributed by atoms with Crippen LogP contribution in [0.1, 0.15) is 16.5 Å². The molecule has 0 bridgehead atoms. The number of benzene rings is 1. The Hall–Kier alpha value is -1.06. The third-order valence-electron chi connectivity index (χ3n) is 4.09. The predicted molar refractivity (Wildman–Crippen MR) is 101 cm³/mol. The van der Waals surface area contributed by atoms with Crippen molar-refractivity contribution in [3.8, 4) is 5.75 Å². The summed E-state index contributed by atoms with van der Waals surface area (Å²) in [7, 11) is 0. The van der Waals surface area contributed by atoms with Crippen molar-refractivity contribution in [2.24, 2.45) is 0 Å². The van der Waals surface area contributed by atoms with Crippen LogP contribution in [0.4, 0.5) is 17.6 Å². The highest BCUT2D eigenvalue weighted by atomic mass is 35.5. The van der Waals surface area contributed by atoms with Crippen molar-refractivity contribution in [2.45, 2.75) is 18.6 Å². The van der Waals surface area contributed by atoms with E-state index < -0.39 is 18.6 Å². The van der Waals surface area contributed by atoms with E-state index in [0.717, 1.165) is 18.0 Å². The van der Waals surface area contributed by atoms with E-state index in [1.54, 1.807) is 18.2 Å². The van der Waals surface area contributed by atoms with Crippen LogP contribution in [0.25, 0.3) is 0 Å². The van der Waals surface area contributed by atoms with Gasteiger partial charge in [0.15, 0.2) is 0 Å². The molecule has 1 atom stereocenters. The third kappa shape index (κ3) is 5.26. The van der Waals surface area contributed by atoms with Crippen LogP contribution in [0.3, 0.4) is 0 Å². The minimum absolute atomic E-state index is 0. The van der Waals surface area contributed by atoms with Gasteiger partial charge in [0.1, 0.15) is 5.75 Å². The second-order valence-corrected chi connectivity index (χ2v) is 7.58. The summed E-state index contributed by atoms with van der Waals surface area (Å²) in [5, 5.41) is 3.23. The Balaban J connectivity index is 0.00000261. The maximum Gasteiger partial charge on any atom is 0.461 e. The van der Waals surface area contributed by atoms with Crippen LogP contribution in [0.15, 0.2) is 36.4 Å². The lowest BCUT2D eigenvalue weighted by atomic mass is 10.0. The Kier molecular flexibility index (Phi) is 7.76. The number of nitrogens with zero attached hydrogens (tertiary/aromatic N) is 1. The van der Waals surface area contributed by atoms with Gasteiger partial charge in [-0.25, -0.2) is 0 Å². The van der Waals surface area contributed by atoms with Crippen LogP contribution in [0.5, 0.6) is 5.75 Å². The molecule has 150 valence electrons. The van der Waals surface area contributed by atoms with Gasteiger partial charge in [-0.05, 0) is 18.2 Å². The number of thiophene rings is 1. The number of para-hydroxylation sites is 1. The van der Waals surface area contributed by atoms with Crippen molar-refractivity contribution in [1.82, 2.24) is 10.2 Å². The molecular formula is C17H18Cl2F4N2OS. The molecule has 0 radical (unpaired) electrons. The van der Waals surface area contributed by atoms with Gasteiger partial charge in [0.25, 0.3) is 0 Å². The molecule has 0 spiro atoms. The molecule has 1 saturated heterocycles. The van der Waals surface area contributed by atoms with Gasteiger partial charge in [-0.3, -0.25) is 4.90 Å². The summed E-state index contributed by atoms with van der Waals surface area (Å²) >= 11 is 7.39. The molecule has 1 aliphatic heterocycles. The molecule has 0 unspecified atom stereocenters. The smallest absolute Gasteiger partial charge is 0.428 e. The molecule has 27 heavy (non-hydrogen) atoms. The highest BCUT2D eigenvalue weighted by molar-refractivity contribution is 7.16. The number of rotatable bonds is 6. The molecule has 1 aliphatic rings. The molecule has 0 aliphatic carbocycles. The van der Waals surface area contributed by atoms with E-state index in [-0.39, 0.29) is 18.2 Å². The van der Waals surface area contributed by atoms with Gasteiger partial charge in [-0.2, -0.15) is 17.6 Å². The monoisotopic (exact) mass is 444 g/mol. The first-order valence-electron chi connectivity index (χ1n) is 8.02. The Morgan fingerprint density at radius 2 is 1.78 bits per heavy atom. The standard InChI is InChI=1S/C17H17ClF4N2OS.ClH/c18-14-6-5-13(26-14)15(24-9-7-23-8-10-24)11-3-1-2-4-12(11)25-17(21,22)16(19)20;/h1-6,15-16,23H,7-10H2;1H/t15-;/m1./s1. The second kappa shape index (κ2) is 9.43. The van der Waals surface area contributed by atoms with Gasteiger partial charge in [-0.15, -0.1) is 23.7 Å². The Morgan fingerprint density at radius 1 is 1.11 bits per heavy atom. The third-order valence-corrected chi connectivity index (χ3v) is 5.38. The minimum Gasteiger partial charge on any atom is -0.428 e. The van der Waals surface area contributed by atoms with E-state index in [9.17, 15) is 17.6 Å². The number of halogens is 6. The zero-order chi connectivity index (χ0) is 18.7. The van der Waals surface area contributed by atoms with Gasteiger partial charge >= 0.3 is 12.5 Å². The molecule has 2 aromatic rings. The van der Waals surface area contributed by atoms with E-state index in [4.69, 9.17) is 11.6 Å². The SMILES string of the molecule is Cl.FC(F)C(F)(F)Oc1ccccc1[C@H](c1ccc(Cl)s1)N1CCNCC1. The van der Waals surface area contributed by atoms with Crippen LogP contribution in [0.2, 0.25) is 4.34 Å². The fourth-order valence-electron chi connectivity index (χ4n) is 2.94. The lowest BCUT2D eigenvalue weighted by Crippen LogP contribution is -2.45. The molecule has 2 heterocycles. The number of alkyl halides is 4. The quantitative estimate of drug-likeness (QED) is 0.630. The molecule has 1 N–H and O–H groups in total. The maximum absolute atomic E-state index is 13.5. The predicted octanol–water partition coefficient (Wildman–Crippen LogP) is 5.05. The van der Waals surface area contributed by atoms with Crippen LogP contribution < -0.4 is 10.1 Å². The van der Waals surface area contributed by atoms with Gasteiger partial charge in [0.2, 0.25) is 0 Å². The number of nitrogens with one attached hydrogen (secondary N) is 1. The first-order valence-corrected chi connectivity index (χ1v) is 9.22. The summed E-state index contributed by atoms with van der Waals surface area (Å²) in [5.74, 6) is -0.258. The summed E-state index contributed by atoms with van der Waals surface area (Å²) in [6.07, 6.45) is -8.47. The fraction of sp³-hybridized carbons (Fsp3) is 0.412. The van der Waals surface area contributed by atoms with Crippen molar-refractivity contribution in [2.75, 3.05) is 26.2 Å². The van der Waals surface area contributed by atoms with E-state index in [0.29, 0.717) is 23.0 Å². The Labute approximate surface area is 169 Å². The molecule has 10 heteroatoms. The zero-order valence-electron chi connectivity index (χ0n) is 14.0. The van der Waals surface area contributed by atoms with Crippen molar-refractivity contribution < 1.29 is 22.3 Å². The highest BCUT2D eigenvalue weighted by Gasteiger charge is 2.45. The first kappa shape index (κ1) is 22.2.